The van der Waals surface area contributed by atoms with E-state index in [1.54, 1.807) is 31.9 Å². The Kier molecular flexibility index (Phi) is 5.83. The van der Waals surface area contributed by atoms with E-state index in [0.717, 1.165) is 71.0 Å². The van der Waals surface area contributed by atoms with Crippen molar-refractivity contribution in [1.82, 2.24) is 15.0 Å². The van der Waals surface area contributed by atoms with Gasteiger partial charge in [0.1, 0.15) is 17.0 Å². The third-order valence-corrected chi connectivity index (χ3v) is 7.28. The normalized spacial score (nSPS) is 13.0. The van der Waals surface area contributed by atoms with E-state index >= 15 is 0 Å². The molecule has 1 aliphatic rings. The summed E-state index contributed by atoms with van der Waals surface area (Å²) in [5.41, 5.74) is 6.46. The molecule has 0 bridgehead atoms. The lowest BCUT2D eigenvalue weighted by Crippen LogP contribution is -2.07. The van der Waals surface area contributed by atoms with Crippen LogP contribution in [0.15, 0.2) is 24.5 Å². The van der Waals surface area contributed by atoms with Gasteiger partial charge in [-0.15, -0.1) is 11.3 Å². The van der Waals surface area contributed by atoms with E-state index < -0.39 is 0 Å². The van der Waals surface area contributed by atoms with Crippen molar-refractivity contribution >= 4 is 37.6 Å². The van der Waals surface area contributed by atoms with Gasteiger partial charge < -0.3 is 14.8 Å². The van der Waals surface area contributed by atoms with Crippen LogP contribution in [0.3, 0.4) is 0 Å². The van der Waals surface area contributed by atoms with E-state index in [0.29, 0.717) is 0 Å². The minimum atomic E-state index is 0.745. The smallest absolute Gasteiger partial charge is 0.160 e. The van der Waals surface area contributed by atoms with Crippen molar-refractivity contribution in [2.75, 3.05) is 26.1 Å². The summed E-state index contributed by atoms with van der Waals surface area (Å²) in [6, 6.07) is 6.04. The predicted octanol–water partition coefficient (Wildman–Crippen LogP) is 5.35. The molecule has 1 aromatic carbocycles. The molecule has 0 saturated heterocycles. The first-order valence-corrected chi connectivity index (χ1v) is 12.1. The SMILES string of the molecule is CCCc1nc2sc3c(NCCc4ccc(OC)c(OC)c4)ncnc3c2c2c1CCC2. The molecule has 6 nitrogen and oxygen atoms in total. The molecule has 0 aliphatic heterocycles. The minimum absolute atomic E-state index is 0.745. The minimum Gasteiger partial charge on any atom is -0.493 e. The predicted molar refractivity (Wildman–Crippen MR) is 130 cm³/mol. The molecule has 32 heavy (non-hydrogen) atoms. The molecule has 0 saturated carbocycles. The van der Waals surface area contributed by atoms with Gasteiger partial charge in [0.2, 0.25) is 0 Å². The van der Waals surface area contributed by atoms with Crippen molar-refractivity contribution in [1.29, 1.82) is 0 Å². The maximum Gasteiger partial charge on any atom is 0.160 e. The standard InChI is InChI=1S/C25H28N4O2S/c1-4-6-18-16-7-5-8-17(16)21-22-23(32-25(21)29-18)24(28-14-27-22)26-12-11-15-9-10-19(30-2)20(13-15)31-3/h9-10,13-14H,4-8,11-12H2,1-3H3,(H,26,27,28). The van der Waals surface area contributed by atoms with Gasteiger partial charge in [0.25, 0.3) is 0 Å². The molecule has 4 aromatic rings. The molecule has 0 fully saturated rings. The Morgan fingerprint density at radius 1 is 1.03 bits per heavy atom. The van der Waals surface area contributed by atoms with Gasteiger partial charge in [0.05, 0.1) is 24.4 Å². The Balaban J connectivity index is 1.44. The number of nitrogens with zero attached hydrogens (tertiary/aromatic N) is 3. The van der Waals surface area contributed by atoms with Crippen LogP contribution in [0, 0.1) is 0 Å². The largest absolute Gasteiger partial charge is 0.493 e. The number of pyridine rings is 1. The molecule has 1 N–H and O–H groups in total. The van der Waals surface area contributed by atoms with Gasteiger partial charge in [-0.25, -0.2) is 15.0 Å². The number of benzene rings is 1. The molecule has 166 valence electrons. The molecule has 0 unspecified atom stereocenters. The van der Waals surface area contributed by atoms with Crippen molar-refractivity contribution in [2.24, 2.45) is 0 Å². The van der Waals surface area contributed by atoms with Crippen molar-refractivity contribution in [3.8, 4) is 11.5 Å². The van der Waals surface area contributed by atoms with Gasteiger partial charge in [0.15, 0.2) is 11.5 Å². The van der Waals surface area contributed by atoms with Crippen LogP contribution in [-0.4, -0.2) is 35.7 Å². The van der Waals surface area contributed by atoms with E-state index in [4.69, 9.17) is 14.5 Å². The van der Waals surface area contributed by atoms with Crippen molar-refractivity contribution in [3.05, 3.63) is 46.9 Å². The number of rotatable bonds is 8. The Morgan fingerprint density at radius 3 is 2.69 bits per heavy atom. The summed E-state index contributed by atoms with van der Waals surface area (Å²) in [6.07, 6.45) is 8.19. The zero-order chi connectivity index (χ0) is 22.1. The number of anilines is 1. The second kappa shape index (κ2) is 8.90. The number of thiophene rings is 1. The molecule has 7 heteroatoms. The van der Waals surface area contributed by atoms with Crippen LogP contribution < -0.4 is 14.8 Å². The van der Waals surface area contributed by atoms with Gasteiger partial charge in [-0.3, -0.25) is 0 Å². The Hall–Kier alpha value is -2.93. The van der Waals surface area contributed by atoms with Crippen molar-refractivity contribution in [3.63, 3.8) is 0 Å². The number of hydrogen-bond acceptors (Lipinski definition) is 7. The molecule has 0 spiro atoms. The van der Waals surface area contributed by atoms with Crippen molar-refractivity contribution in [2.45, 2.75) is 45.4 Å². The summed E-state index contributed by atoms with van der Waals surface area (Å²) in [7, 11) is 3.32. The number of aryl methyl sites for hydroxylation is 2. The first-order valence-electron chi connectivity index (χ1n) is 11.3. The first-order chi connectivity index (χ1) is 15.7. The van der Waals surface area contributed by atoms with E-state index in [-0.39, 0.29) is 0 Å². The summed E-state index contributed by atoms with van der Waals surface area (Å²) in [4.78, 5) is 15.4. The molecular formula is C25H28N4O2S. The van der Waals surface area contributed by atoms with Crippen LogP contribution in [0.1, 0.15) is 42.1 Å². The number of methoxy groups -OCH3 is 2. The number of ether oxygens (including phenoxy) is 2. The average Bonchev–Trinajstić information content (AvgIpc) is 3.44. The molecule has 5 rings (SSSR count). The number of fused-ring (bicyclic) bond motifs is 5. The zero-order valence-corrected chi connectivity index (χ0v) is 19.6. The monoisotopic (exact) mass is 448 g/mol. The van der Waals surface area contributed by atoms with Crippen LogP contribution in [0.4, 0.5) is 5.82 Å². The summed E-state index contributed by atoms with van der Waals surface area (Å²) < 4.78 is 11.9. The van der Waals surface area contributed by atoms with E-state index in [2.05, 4.69) is 28.3 Å². The van der Waals surface area contributed by atoms with Crippen LogP contribution in [0.2, 0.25) is 0 Å². The Morgan fingerprint density at radius 2 is 1.88 bits per heavy atom. The highest BCUT2D eigenvalue weighted by Gasteiger charge is 2.23. The maximum atomic E-state index is 5.42. The summed E-state index contributed by atoms with van der Waals surface area (Å²) in [5.74, 6) is 2.39. The lowest BCUT2D eigenvalue weighted by molar-refractivity contribution is 0.354. The fourth-order valence-corrected chi connectivity index (χ4v) is 5.85. The van der Waals surface area contributed by atoms with Gasteiger partial charge in [0, 0.05) is 17.6 Å². The fourth-order valence-electron chi connectivity index (χ4n) is 4.71. The number of aromatic nitrogens is 3. The highest BCUT2D eigenvalue weighted by molar-refractivity contribution is 7.26. The Labute approximate surface area is 192 Å². The zero-order valence-electron chi connectivity index (χ0n) is 18.8. The molecule has 3 aromatic heterocycles. The highest BCUT2D eigenvalue weighted by atomic mass is 32.1. The van der Waals surface area contributed by atoms with E-state index in [1.165, 1.54) is 34.2 Å². The quantitative estimate of drug-likeness (QED) is 0.392. The van der Waals surface area contributed by atoms with E-state index in [1.807, 2.05) is 12.1 Å². The first kappa shape index (κ1) is 20.9. The lowest BCUT2D eigenvalue weighted by atomic mass is 10.0. The second-order valence-corrected chi connectivity index (χ2v) is 9.17. The highest BCUT2D eigenvalue weighted by Crippen LogP contribution is 2.41. The maximum absolute atomic E-state index is 5.42. The summed E-state index contributed by atoms with van der Waals surface area (Å²) in [6.45, 7) is 2.99. The second-order valence-electron chi connectivity index (χ2n) is 8.17. The third-order valence-electron chi connectivity index (χ3n) is 6.20. The van der Waals surface area contributed by atoms with E-state index in [9.17, 15) is 0 Å². The van der Waals surface area contributed by atoms with Crippen LogP contribution >= 0.6 is 11.3 Å². The van der Waals surface area contributed by atoms with Gasteiger partial charge in [-0.2, -0.15) is 0 Å². The average molecular weight is 449 g/mol. The van der Waals surface area contributed by atoms with Crippen LogP contribution in [-0.2, 0) is 25.7 Å². The summed E-state index contributed by atoms with van der Waals surface area (Å²) in [5, 5.41) is 4.78. The van der Waals surface area contributed by atoms with Crippen LogP contribution in [0.5, 0.6) is 11.5 Å². The molecular weight excluding hydrogens is 420 g/mol. The molecule has 3 heterocycles. The topological polar surface area (TPSA) is 69.2 Å². The molecule has 0 radical (unpaired) electrons. The molecule has 0 atom stereocenters. The van der Waals surface area contributed by atoms with Gasteiger partial charge in [-0.1, -0.05) is 19.4 Å². The number of nitrogens with one attached hydrogen (secondary N) is 1. The van der Waals surface area contributed by atoms with Crippen molar-refractivity contribution < 1.29 is 9.47 Å². The molecule has 0 amide bonds. The van der Waals surface area contributed by atoms with Gasteiger partial charge >= 0.3 is 0 Å². The lowest BCUT2D eigenvalue weighted by Gasteiger charge is -2.10. The third kappa shape index (κ3) is 3.64. The number of hydrogen-bond donors (Lipinski definition) is 1. The van der Waals surface area contributed by atoms with Crippen LogP contribution in [0.25, 0.3) is 20.4 Å². The Bertz CT molecular complexity index is 1280. The van der Waals surface area contributed by atoms with Gasteiger partial charge in [-0.05, 0) is 60.9 Å². The fraction of sp³-hybridized carbons (Fsp3) is 0.400. The molecule has 1 aliphatic carbocycles. The summed E-state index contributed by atoms with van der Waals surface area (Å²) >= 11 is 1.72.